The maximum Gasteiger partial charge on any atom is 0.260 e. The molecule has 150 valence electrons. The number of aliphatic hydroxyl groups is 1. The van der Waals surface area contributed by atoms with Gasteiger partial charge in [-0.05, 0) is 37.8 Å². The predicted octanol–water partition coefficient (Wildman–Crippen LogP) is -0.242. The molecular formula is C17H26N4O5S. The van der Waals surface area contributed by atoms with E-state index in [0.717, 1.165) is 0 Å². The van der Waals surface area contributed by atoms with Crippen LogP contribution < -0.4 is 11.1 Å². The lowest BCUT2D eigenvalue weighted by Crippen LogP contribution is -2.47. The van der Waals surface area contributed by atoms with Gasteiger partial charge in [-0.15, -0.1) is 0 Å². The third kappa shape index (κ3) is 6.26. The smallest absolute Gasteiger partial charge is 0.260 e. The third-order valence-corrected chi connectivity index (χ3v) is 6.22. The number of carbonyl (C=O) groups excluding carboxylic acids is 2. The average Bonchev–Trinajstić information content (AvgIpc) is 2.81. The van der Waals surface area contributed by atoms with E-state index in [0.29, 0.717) is 25.7 Å². The van der Waals surface area contributed by atoms with Gasteiger partial charge >= 0.3 is 0 Å². The molecule has 1 aliphatic heterocycles. The van der Waals surface area contributed by atoms with Gasteiger partial charge in [0.1, 0.15) is 0 Å². The monoisotopic (exact) mass is 398 g/mol. The zero-order valence-electron chi connectivity index (χ0n) is 15.1. The Hall–Kier alpha value is -2.04. The molecule has 1 unspecified atom stereocenters. The first-order valence-corrected chi connectivity index (χ1v) is 10.4. The highest BCUT2D eigenvalue weighted by Crippen LogP contribution is 2.19. The van der Waals surface area contributed by atoms with Gasteiger partial charge in [0.15, 0.2) is 5.03 Å². The van der Waals surface area contributed by atoms with E-state index < -0.39 is 28.1 Å². The van der Waals surface area contributed by atoms with E-state index in [1.54, 1.807) is 12.1 Å². The van der Waals surface area contributed by atoms with Crippen LogP contribution in [-0.4, -0.2) is 59.9 Å². The first-order chi connectivity index (χ1) is 12.8. The van der Waals surface area contributed by atoms with Crippen LogP contribution in [0.5, 0.6) is 0 Å². The molecule has 27 heavy (non-hydrogen) atoms. The van der Waals surface area contributed by atoms with E-state index in [1.807, 2.05) is 0 Å². The molecule has 1 aromatic rings. The lowest BCUT2D eigenvalue weighted by molar-refractivity contribution is -0.123. The molecule has 0 radical (unpaired) electrons. The van der Waals surface area contributed by atoms with Gasteiger partial charge in [-0.3, -0.25) is 9.59 Å². The zero-order valence-corrected chi connectivity index (χ0v) is 15.9. The highest BCUT2D eigenvalue weighted by atomic mass is 32.2. The molecular weight excluding hydrogens is 372 g/mol. The van der Waals surface area contributed by atoms with Crippen LogP contribution in [0.15, 0.2) is 29.4 Å². The van der Waals surface area contributed by atoms with Crippen LogP contribution in [0.25, 0.3) is 0 Å². The van der Waals surface area contributed by atoms with E-state index in [-0.39, 0.29) is 36.9 Å². The van der Waals surface area contributed by atoms with Crippen LogP contribution in [0.4, 0.5) is 0 Å². The highest BCUT2D eigenvalue weighted by Gasteiger charge is 2.33. The number of nitrogens with two attached hydrogens (primary N) is 1. The second-order valence-corrected chi connectivity index (χ2v) is 8.47. The lowest BCUT2D eigenvalue weighted by atomic mass is 10.1. The molecule has 2 amide bonds. The number of amides is 2. The molecule has 10 heteroatoms. The Bertz CT molecular complexity index is 741. The number of nitrogens with zero attached hydrogens (tertiary/aromatic N) is 2. The number of pyridine rings is 1. The highest BCUT2D eigenvalue weighted by molar-refractivity contribution is 7.89. The van der Waals surface area contributed by atoms with Gasteiger partial charge in [-0.2, -0.15) is 4.31 Å². The van der Waals surface area contributed by atoms with Gasteiger partial charge in [-0.1, -0.05) is 6.07 Å². The number of hydrogen-bond donors (Lipinski definition) is 3. The van der Waals surface area contributed by atoms with Crippen molar-refractivity contribution < 1.29 is 23.1 Å². The topological polar surface area (TPSA) is 143 Å². The molecule has 1 fully saturated rings. The van der Waals surface area contributed by atoms with Crippen molar-refractivity contribution in [2.45, 2.75) is 55.7 Å². The van der Waals surface area contributed by atoms with Gasteiger partial charge < -0.3 is 16.2 Å². The van der Waals surface area contributed by atoms with Gasteiger partial charge in [0, 0.05) is 32.1 Å². The molecule has 1 saturated heterocycles. The molecule has 2 heterocycles. The second kappa shape index (κ2) is 9.77. The molecule has 2 atom stereocenters. The van der Waals surface area contributed by atoms with E-state index in [4.69, 9.17) is 5.73 Å². The molecule has 2 rings (SSSR count). The van der Waals surface area contributed by atoms with Crippen molar-refractivity contribution in [1.29, 1.82) is 0 Å². The number of nitrogens with one attached hydrogen (secondary N) is 1. The fraction of sp³-hybridized carbons (Fsp3) is 0.588. The Labute approximate surface area is 159 Å². The van der Waals surface area contributed by atoms with Gasteiger partial charge in [-0.25, -0.2) is 13.4 Å². The number of primary amides is 1. The van der Waals surface area contributed by atoms with Crippen LogP contribution in [-0.2, 0) is 19.6 Å². The summed E-state index contributed by atoms with van der Waals surface area (Å²) in [6, 6.07) is 4.12. The SMILES string of the molecule is NC(=O)CCCCC(=O)NC1CCCN(S(=O)(=O)c2ccccn2)C[C@@H]1O. The van der Waals surface area contributed by atoms with E-state index in [1.165, 1.54) is 16.6 Å². The maximum absolute atomic E-state index is 12.7. The van der Waals surface area contributed by atoms with Gasteiger partial charge in [0.05, 0.1) is 12.1 Å². The van der Waals surface area contributed by atoms with E-state index >= 15 is 0 Å². The van der Waals surface area contributed by atoms with Crippen molar-refractivity contribution in [2.75, 3.05) is 13.1 Å². The summed E-state index contributed by atoms with van der Waals surface area (Å²) >= 11 is 0. The summed E-state index contributed by atoms with van der Waals surface area (Å²) in [6.45, 7) is 0.145. The second-order valence-electron chi connectivity index (χ2n) is 6.59. The van der Waals surface area contributed by atoms with Crippen LogP contribution in [0, 0.1) is 0 Å². The summed E-state index contributed by atoms with van der Waals surface area (Å²) in [6.07, 6.45) is 2.90. The molecule has 1 aliphatic rings. The standard InChI is InChI=1S/C17H26N4O5S/c18-15(23)7-1-2-8-16(24)20-13-6-5-11-21(12-14(13)22)27(25,26)17-9-3-4-10-19-17/h3-4,9-10,13-14,22H,1-2,5-8,11-12H2,(H2,18,23)(H,20,24)/t13?,14-/m0/s1. The predicted molar refractivity (Wildman–Crippen MR) is 97.8 cm³/mol. The first kappa shape index (κ1) is 21.3. The zero-order chi connectivity index (χ0) is 19.9. The van der Waals surface area contributed by atoms with Gasteiger partial charge in [0.2, 0.25) is 11.8 Å². The average molecular weight is 398 g/mol. The quantitative estimate of drug-likeness (QED) is 0.516. The summed E-state index contributed by atoms with van der Waals surface area (Å²) in [5.74, 6) is -0.631. The van der Waals surface area contributed by atoms with Crippen molar-refractivity contribution in [3.8, 4) is 0 Å². The van der Waals surface area contributed by atoms with Gasteiger partial charge in [0.25, 0.3) is 10.0 Å². The molecule has 0 aromatic carbocycles. The number of sulfonamides is 1. The van der Waals surface area contributed by atoms with E-state index in [2.05, 4.69) is 10.3 Å². The summed E-state index contributed by atoms with van der Waals surface area (Å²) < 4.78 is 26.5. The van der Waals surface area contributed by atoms with E-state index in [9.17, 15) is 23.1 Å². The minimum atomic E-state index is -3.79. The molecule has 1 aromatic heterocycles. The lowest BCUT2D eigenvalue weighted by Gasteiger charge is -2.24. The molecule has 0 bridgehead atoms. The minimum Gasteiger partial charge on any atom is -0.390 e. The van der Waals surface area contributed by atoms with Crippen molar-refractivity contribution in [3.63, 3.8) is 0 Å². The van der Waals surface area contributed by atoms with Crippen molar-refractivity contribution in [3.05, 3.63) is 24.4 Å². The number of aromatic nitrogens is 1. The number of carbonyl (C=O) groups is 2. The number of hydrogen-bond acceptors (Lipinski definition) is 6. The van der Waals surface area contributed by atoms with Crippen LogP contribution >= 0.6 is 0 Å². The van der Waals surface area contributed by atoms with Crippen LogP contribution in [0.2, 0.25) is 0 Å². The number of rotatable bonds is 8. The summed E-state index contributed by atoms with van der Waals surface area (Å²) in [5, 5.41) is 13.1. The molecule has 0 aliphatic carbocycles. The molecule has 9 nitrogen and oxygen atoms in total. The Morgan fingerprint density at radius 2 is 2.04 bits per heavy atom. The van der Waals surface area contributed by atoms with Crippen molar-refractivity contribution in [2.24, 2.45) is 5.73 Å². The van der Waals surface area contributed by atoms with Crippen molar-refractivity contribution >= 4 is 21.8 Å². The number of β-amino-alcohol motifs (C(OH)–C–C–N with tert-alkyl or cyclic N) is 1. The van der Waals surface area contributed by atoms with Crippen molar-refractivity contribution in [1.82, 2.24) is 14.6 Å². The normalized spacial score (nSPS) is 21.4. The fourth-order valence-corrected chi connectivity index (χ4v) is 4.42. The Morgan fingerprint density at radius 1 is 1.30 bits per heavy atom. The summed E-state index contributed by atoms with van der Waals surface area (Å²) in [4.78, 5) is 26.6. The molecule has 4 N–H and O–H groups in total. The third-order valence-electron chi connectivity index (χ3n) is 4.44. The van der Waals surface area contributed by atoms with Crippen LogP contribution in [0.1, 0.15) is 38.5 Å². The number of unbranched alkanes of at least 4 members (excludes halogenated alkanes) is 1. The molecule has 0 spiro atoms. The first-order valence-electron chi connectivity index (χ1n) is 8.97. The maximum atomic E-state index is 12.7. The van der Waals surface area contributed by atoms with Crippen LogP contribution in [0.3, 0.4) is 0 Å². The Morgan fingerprint density at radius 3 is 2.70 bits per heavy atom. The number of aliphatic hydroxyl groups excluding tert-OH is 1. The summed E-state index contributed by atoms with van der Waals surface area (Å²) in [7, 11) is -3.79. The Kier molecular flexibility index (Phi) is 7.69. The minimum absolute atomic E-state index is 0.0610. The largest absolute Gasteiger partial charge is 0.390 e. The molecule has 0 saturated carbocycles. The fourth-order valence-electron chi connectivity index (χ4n) is 2.99. The Balaban J connectivity index is 1.91. The summed E-state index contributed by atoms with van der Waals surface area (Å²) in [5.41, 5.74) is 5.05.